The van der Waals surface area contributed by atoms with Crippen LogP contribution in [0.1, 0.15) is 36.4 Å². The lowest BCUT2D eigenvalue weighted by molar-refractivity contribution is 1.04. The van der Waals surface area contributed by atoms with Crippen molar-refractivity contribution in [1.82, 2.24) is 4.98 Å². The van der Waals surface area contributed by atoms with Gasteiger partial charge in [0, 0.05) is 35.8 Å². The van der Waals surface area contributed by atoms with Crippen molar-refractivity contribution in [1.29, 1.82) is 0 Å². The van der Waals surface area contributed by atoms with Crippen LogP contribution in [-0.2, 0) is 0 Å². The van der Waals surface area contributed by atoms with Crippen molar-refractivity contribution < 1.29 is 0 Å². The Morgan fingerprint density at radius 1 is 1.06 bits per heavy atom. The third-order valence-electron chi connectivity index (χ3n) is 3.72. The Morgan fingerprint density at radius 2 is 2.00 bits per heavy atom. The van der Waals surface area contributed by atoms with Gasteiger partial charge in [-0.2, -0.15) is 0 Å². The molecule has 0 amide bonds. The van der Waals surface area contributed by atoms with Gasteiger partial charge in [-0.15, -0.1) is 0 Å². The maximum Gasteiger partial charge on any atom is 0.0705 e. The van der Waals surface area contributed by atoms with Crippen molar-refractivity contribution in [2.24, 2.45) is 4.99 Å². The number of nitrogens with zero attached hydrogens (tertiary/aromatic N) is 2. The molecular weight excluding hydrogens is 220 g/mol. The van der Waals surface area contributed by atoms with Crippen molar-refractivity contribution in [2.45, 2.75) is 25.2 Å². The van der Waals surface area contributed by atoms with Gasteiger partial charge in [0.1, 0.15) is 0 Å². The van der Waals surface area contributed by atoms with Gasteiger partial charge < -0.3 is 0 Å². The Balaban J connectivity index is 1.78. The number of hydrogen-bond acceptors (Lipinski definition) is 2. The van der Waals surface area contributed by atoms with Crippen LogP contribution in [0, 0.1) is 0 Å². The second kappa shape index (κ2) is 3.77. The molecular formula is C16H14N2. The Hall–Kier alpha value is -1.96. The second-order valence-corrected chi connectivity index (χ2v) is 5.11. The normalized spacial score (nSPS) is 18.3. The molecule has 2 heteroatoms. The van der Waals surface area contributed by atoms with Gasteiger partial charge in [0.05, 0.1) is 5.52 Å². The topological polar surface area (TPSA) is 25.2 Å². The standard InChI is InChI=1S/C16H14N2/c1-2-11(1)15-6-4-13-9-12(3-5-16(13)18-15)14-7-8-17-10-14/h3-6,8-11H,1-2,7H2. The number of fused-ring (bicyclic) bond motifs is 1. The Labute approximate surface area is 106 Å². The van der Waals surface area contributed by atoms with E-state index >= 15 is 0 Å². The summed E-state index contributed by atoms with van der Waals surface area (Å²) in [5.74, 6) is 0.722. The third-order valence-corrected chi connectivity index (χ3v) is 3.72. The average molecular weight is 234 g/mol. The van der Waals surface area contributed by atoms with E-state index in [0.29, 0.717) is 0 Å². The molecule has 2 nitrogen and oxygen atoms in total. The summed E-state index contributed by atoms with van der Waals surface area (Å²) in [5.41, 5.74) is 4.94. The molecule has 88 valence electrons. The van der Waals surface area contributed by atoms with Crippen LogP contribution in [0.5, 0.6) is 0 Å². The smallest absolute Gasteiger partial charge is 0.0705 e. The average Bonchev–Trinajstić information content (AvgIpc) is 3.12. The fourth-order valence-corrected chi connectivity index (χ4v) is 2.49. The van der Waals surface area contributed by atoms with Crippen molar-refractivity contribution in [3.05, 3.63) is 47.8 Å². The first-order valence-electron chi connectivity index (χ1n) is 6.52. The first kappa shape index (κ1) is 10.0. The van der Waals surface area contributed by atoms with Crippen LogP contribution in [0.25, 0.3) is 16.5 Å². The number of pyridine rings is 1. The molecule has 1 saturated carbocycles. The molecule has 0 radical (unpaired) electrons. The van der Waals surface area contributed by atoms with E-state index in [1.165, 1.54) is 35.1 Å². The highest BCUT2D eigenvalue weighted by Crippen LogP contribution is 2.39. The minimum atomic E-state index is 0.722. The zero-order valence-corrected chi connectivity index (χ0v) is 10.1. The number of allylic oxidation sites excluding steroid dienone is 1. The van der Waals surface area contributed by atoms with Crippen LogP contribution in [0.15, 0.2) is 41.5 Å². The number of hydrogen-bond donors (Lipinski definition) is 0. The molecule has 1 aromatic carbocycles. The van der Waals surface area contributed by atoms with Gasteiger partial charge in [-0.3, -0.25) is 9.98 Å². The molecule has 18 heavy (non-hydrogen) atoms. The number of rotatable bonds is 2. The van der Waals surface area contributed by atoms with Gasteiger partial charge >= 0.3 is 0 Å². The van der Waals surface area contributed by atoms with Crippen molar-refractivity contribution in [3.63, 3.8) is 0 Å². The first-order valence-corrected chi connectivity index (χ1v) is 6.52. The van der Waals surface area contributed by atoms with Gasteiger partial charge in [-0.1, -0.05) is 12.1 Å². The lowest BCUT2D eigenvalue weighted by atomic mass is 10.0. The number of aliphatic imine (C=N–C) groups is 1. The molecule has 0 bridgehead atoms. The maximum atomic E-state index is 4.75. The predicted molar refractivity (Wildman–Crippen MR) is 74.8 cm³/mol. The first-order chi connectivity index (χ1) is 8.90. The van der Waals surface area contributed by atoms with E-state index in [9.17, 15) is 0 Å². The largest absolute Gasteiger partial charge is 0.268 e. The Morgan fingerprint density at radius 3 is 2.78 bits per heavy atom. The summed E-state index contributed by atoms with van der Waals surface area (Å²) in [6.07, 6.45) is 7.46. The van der Waals surface area contributed by atoms with E-state index in [1.807, 2.05) is 12.4 Å². The number of benzene rings is 1. The zero-order chi connectivity index (χ0) is 11.9. The Bertz CT molecular complexity index is 679. The van der Waals surface area contributed by atoms with E-state index in [2.05, 4.69) is 35.3 Å². The van der Waals surface area contributed by atoms with Crippen LogP contribution >= 0.6 is 0 Å². The van der Waals surface area contributed by atoms with Crippen molar-refractivity contribution in [3.8, 4) is 0 Å². The molecule has 0 N–H and O–H groups in total. The monoisotopic (exact) mass is 234 g/mol. The molecule has 1 fully saturated rings. The molecule has 0 saturated heterocycles. The molecule has 4 rings (SSSR count). The summed E-state index contributed by atoms with van der Waals surface area (Å²) in [6.45, 7) is 0. The van der Waals surface area contributed by atoms with Gasteiger partial charge in [-0.25, -0.2) is 0 Å². The zero-order valence-electron chi connectivity index (χ0n) is 10.1. The fraction of sp³-hybridized carbons (Fsp3) is 0.250. The quantitative estimate of drug-likeness (QED) is 0.773. The molecule has 1 aromatic heterocycles. The molecule has 0 atom stereocenters. The summed E-state index contributed by atoms with van der Waals surface area (Å²) in [5, 5.41) is 1.23. The van der Waals surface area contributed by atoms with E-state index in [1.54, 1.807) is 0 Å². The van der Waals surface area contributed by atoms with Crippen LogP contribution < -0.4 is 0 Å². The van der Waals surface area contributed by atoms with Crippen LogP contribution in [-0.4, -0.2) is 11.2 Å². The van der Waals surface area contributed by atoms with Crippen LogP contribution in [0.3, 0.4) is 0 Å². The summed E-state index contributed by atoms with van der Waals surface area (Å²) in [6, 6.07) is 10.9. The predicted octanol–water partition coefficient (Wildman–Crippen LogP) is 3.93. The van der Waals surface area contributed by atoms with Gasteiger partial charge in [0.2, 0.25) is 0 Å². The maximum absolute atomic E-state index is 4.75. The summed E-state index contributed by atoms with van der Waals surface area (Å²) < 4.78 is 0. The summed E-state index contributed by atoms with van der Waals surface area (Å²) in [4.78, 5) is 8.92. The molecule has 2 heterocycles. The van der Waals surface area contributed by atoms with Crippen molar-refractivity contribution in [2.75, 3.05) is 0 Å². The van der Waals surface area contributed by atoms with E-state index in [-0.39, 0.29) is 0 Å². The molecule has 0 unspecified atom stereocenters. The van der Waals surface area contributed by atoms with E-state index in [0.717, 1.165) is 17.9 Å². The van der Waals surface area contributed by atoms with Gasteiger partial charge in [-0.05, 0) is 42.2 Å². The third kappa shape index (κ3) is 1.65. The minimum absolute atomic E-state index is 0.722. The Kier molecular flexibility index (Phi) is 2.10. The SMILES string of the molecule is C1=NC=C(c2ccc3nc(C4CC4)ccc3c2)C1. The molecule has 0 spiro atoms. The lowest BCUT2D eigenvalue weighted by Gasteiger charge is -2.05. The van der Waals surface area contributed by atoms with E-state index in [4.69, 9.17) is 4.98 Å². The van der Waals surface area contributed by atoms with E-state index < -0.39 is 0 Å². The van der Waals surface area contributed by atoms with Crippen LogP contribution in [0.4, 0.5) is 0 Å². The molecule has 1 aliphatic carbocycles. The van der Waals surface area contributed by atoms with Gasteiger partial charge in [0.25, 0.3) is 0 Å². The highest BCUT2D eigenvalue weighted by molar-refractivity contribution is 5.89. The summed E-state index contributed by atoms with van der Waals surface area (Å²) in [7, 11) is 0. The second-order valence-electron chi connectivity index (χ2n) is 5.11. The van der Waals surface area contributed by atoms with Crippen molar-refractivity contribution >= 4 is 22.7 Å². The fourth-order valence-electron chi connectivity index (χ4n) is 2.49. The highest BCUT2D eigenvalue weighted by atomic mass is 14.7. The van der Waals surface area contributed by atoms with Gasteiger partial charge in [0.15, 0.2) is 0 Å². The molecule has 2 aromatic rings. The lowest BCUT2D eigenvalue weighted by Crippen LogP contribution is -1.89. The summed E-state index contributed by atoms with van der Waals surface area (Å²) >= 11 is 0. The molecule has 1 aliphatic heterocycles. The molecule has 2 aliphatic rings. The minimum Gasteiger partial charge on any atom is -0.268 e. The number of aromatic nitrogens is 1. The van der Waals surface area contributed by atoms with Crippen LogP contribution in [0.2, 0.25) is 0 Å². The highest BCUT2D eigenvalue weighted by Gasteiger charge is 2.24.